The van der Waals surface area contributed by atoms with Crippen molar-refractivity contribution < 1.29 is 17.6 Å². The first kappa shape index (κ1) is 44.2. The molecule has 10 heteroatoms. The minimum Gasteiger partial charge on any atom is -0.367 e. The van der Waals surface area contributed by atoms with Crippen molar-refractivity contribution in [1.29, 1.82) is 0 Å². The van der Waals surface area contributed by atoms with Crippen LogP contribution in [0, 0.1) is 6.92 Å². The monoisotopic (exact) mass is 716 g/mol. The van der Waals surface area contributed by atoms with Crippen LogP contribution in [0.3, 0.4) is 0 Å². The normalized spacial score (nSPS) is 17.2. The minimum absolute atomic E-state index is 0.0685. The molecule has 5 rings (SSSR count). The lowest BCUT2D eigenvalue weighted by Crippen LogP contribution is -2.56. The SMILES string of the molecule is C/C=C\C=C(/C)F.C=C.C=C(C)N1C(C)CN(c2nc(=O)n3c4c(c(-c5ccc(C)cc5)c(C(F)(F)F)cc24)SCCC3)CC1C.CC.CC. The van der Waals surface area contributed by atoms with Crippen molar-refractivity contribution in [2.75, 3.05) is 23.7 Å². The molecule has 0 N–H and O–H groups in total. The molecule has 2 aromatic carbocycles. The lowest BCUT2D eigenvalue weighted by molar-refractivity contribution is -0.137. The standard InChI is InChI=1S/C28H31F3N4OS.C6H9F.2C2H6.C2H4/c1-16(2)35-18(4)14-33(15-19(35)5)26-21-13-22(28(29,30)31)23(20-9-7-17(3)8-10-20)25-24(21)34(27(36)32-26)11-6-12-37-25;1-3-4-5-6(2)7;3*1-2/h7-10,13,18-19H,1,6,11-12,14-15H2,2-5H3;3-5H,1-2H3;2*1-2H3;1-2H2/b;4-3-,6-5+;;;. The molecule has 2 aliphatic rings. The summed E-state index contributed by atoms with van der Waals surface area (Å²) in [6.07, 6.45) is 0.961. The fourth-order valence-electron chi connectivity index (χ4n) is 6.09. The number of benzene rings is 2. The largest absolute Gasteiger partial charge is 0.417 e. The number of halogens is 4. The molecule has 276 valence electrons. The van der Waals surface area contributed by atoms with Crippen LogP contribution >= 0.6 is 11.8 Å². The molecular weight excluding hydrogens is 661 g/mol. The first-order chi connectivity index (χ1) is 23.7. The fourth-order valence-corrected chi connectivity index (χ4v) is 7.29. The molecule has 1 saturated heterocycles. The van der Waals surface area contributed by atoms with Gasteiger partial charge < -0.3 is 9.80 Å². The Morgan fingerprint density at radius 1 is 1.02 bits per heavy atom. The van der Waals surface area contributed by atoms with E-state index in [0.717, 1.165) is 11.3 Å². The maximum absolute atomic E-state index is 14.7. The van der Waals surface area contributed by atoms with Gasteiger partial charge in [-0.25, -0.2) is 9.18 Å². The molecule has 0 spiro atoms. The van der Waals surface area contributed by atoms with Crippen molar-refractivity contribution in [2.45, 2.75) is 105 Å². The van der Waals surface area contributed by atoms with E-state index >= 15 is 0 Å². The fraction of sp³-hybridized carbons (Fsp3) is 0.450. The van der Waals surface area contributed by atoms with Gasteiger partial charge in [-0.2, -0.15) is 18.2 Å². The van der Waals surface area contributed by atoms with Gasteiger partial charge in [-0.3, -0.25) is 4.57 Å². The molecule has 3 aromatic rings. The Hall–Kier alpha value is -3.79. The van der Waals surface area contributed by atoms with Crippen molar-refractivity contribution in [1.82, 2.24) is 14.5 Å². The van der Waals surface area contributed by atoms with Gasteiger partial charge in [0.1, 0.15) is 5.82 Å². The van der Waals surface area contributed by atoms with Crippen LogP contribution in [0.2, 0.25) is 0 Å². The number of nitrogens with zero attached hydrogens (tertiary/aromatic N) is 4. The van der Waals surface area contributed by atoms with Crippen LogP contribution < -0.4 is 10.6 Å². The smallest absolute Gasteiger partial charge is 0.367 e. The average Bonchev–Trinajstić information content (AvgIpc) is 3.32. The number of hydrogen-bond acceptors (Lipinski definition) is 5. The average molecular weight is 717 g/mol. The summed E-state index contributed by atoms with van der Waals surface area (Å²) in [5, 5.41) is 0.385. The van der Waals surface area contributed by atoms with Gasteiger partial charge in [0.15, 0.2) is 0 Å². The van der Waals surface area contributed by atoms with Crippen LogP contribution in [0.5, 0.6) is 0 Å². The third-order valence-corrected chi connectivity index (χ3v) is 8.97. The number of thioether (sulfide) groups is 1. The van der Waals surface area contributed by atoms with Crippen LogP contribution in [-0.2, 0) is 12.7 Å². The highest BCUT2D eigenvalue weighted by molar-refractivity contribution is 7.99. The summed E-state index contributed by atoms with van der Waals surface area (Å²) in [5.74, 6) is 0.802. The molecule has 2 aliphatic heterocycles. The third kappa shape index (κ3) is 10.9. The van der Waals surface area contributed by atoms with E-state index < -0.39 is 17.4 Å². The molecule has 0 bridgehead atoms. The minimum atomic E-state index is -4.57. The number of rotatable bonds is 4. The highest BCUT2D eigenvalue weighted by Gasteiger charge is 2.38. The summed E-state index contributed by atoms with van der Waals surface area (Å²) in [5.41, 5.74) is 2.01. The number of piperazine rings is 1. The number of aryl methyl sites for hydroxylation is 2. The van der Waals surface area contributed by atoms with Crippen LogP contribution in [0.4, 0.5) is 23.4 Å². The summed E-state index contributed by atoms with van der Waals surface area (Å²) < 4.78 is 57.3. The predicted octanol–water partition coefficient (Wildman–Crippen LogP) is 11.6. The third-order valence-electron chi connectivity index (χ3n) is 7.79. The second-order valence-corrected chi connectivity index (χ2v) is 12.6. The molecule has 3 heterocycles. The Balaban J connectivity index is 0.000000839. The molecule has 0 amide bonds. The Bertz CT molecular complexity index is 1650. The van der Waals surface area contributed by atoms with Crippen LogP contribution in [0.25, 0.3) is 22.0 Å². The van der Waals surface area contributed by atoms with Crippen molar-refractivity contribution in [3.63, 3.8) is 0 Å². The van der Waals surface area contributed by atoms with Crippen molar-refractivity contribution in [3.8, 4) is 11.1 Å². The van der Waals surface area contributed by atoms with Crippen LogP contribution in [-0.4, -0.2) is 45.4 Å². The van der Waals surface area contributed by atoms with Gasteiger partial charge in [-0.15, -0.1) is 24.9 Å². The highest BCUT2D eigenvalue weighted by Crippen LogP contribution is 2.48. The maximum atomic E-state index is 14.7. The van der Waals surface area contributed by atoms with Gasteiger partial charge in [0.2, 0.25) is 0 Å². The Morgan fingerprint density at radius 2 is 1.58 bits per heavy atom. The molecule has 0 saturated carbocycles. The molecule has 0 aliphatic carbocycles. The molecule has 2 atom stereocenters. The Morgan fingerprint density at radius 3 is 2.04 bits per heavy atom. The highest BCUT2D eigenvalue weighted by atomic mass is 32.2. The number of alkyl halides is 3. The van der Waals surface area contributed by atoms with Gasteiger partial charge in [-0.1, -0.05) is 76.3 Å². The second kappa shape index (κ2) is 20.8. The van der Waals surface area contributed by atoms with Gasteiger partial charge in [0.25, 0.3) is 0 Å². The van der Waals surface area contributed by atoms with E-state index in [1.807, 2.05) is 65.5 Å². The summed E-state index contributed by atoms with van der Waals surface area (Å²) >= 11 is 1.40. The van der Waals surface area contributed by atoms with E-state index in [9.17, 15) is 22.4 Å². The zero-order chi connectivity index (χ0) is 38.3. The quantitative estimate of drug-likeness (QED) is 0.153. The molecule has 1 fully saturated rings. The summed E-state index contributed by atoms with van der Waals surface area (Å²) in [7, 11) is 0. The lowest BCUT2D eigenvalue weighted by atomic mass is 9.95. The van der Waals surface area contributed by atoms with Gasteiger partial charge in [0, 0.05) is 53.3 Å². The molecule has 2 unspecified atom stereocenters. The van der Waals surface area contributed by atoms with E-state index in [1.165, 1.54) is 30.8 Å². The van der Waals surface area contributed by atoms with Gasteiger partial charge in [-0.05, 0) is 71.4 Å². The first-order valence-electron chi connectivity index (χ1n) is 17.3. The molecule has 50 heavy (non-hydrogen) atoms. The number of anilines is 1. The number of hydrogen-bond donors (Lipinski definition) is 0. The number of aromatic nitrogens is 2. The van der Waals surface area contributed by atoms with E-state index in [-0.39, 0.29) is 23.5 Å². The number of allylic oxidation sites excluding steroid dienone is 5. The van der Waals surface area contributed by atoms with Crippen LogP contribution in [0.1, 0.15) is 79.9 Å². The Labute approximate surface area is 301 Å². The zero-order valence-electron chi connectivity index (χ0n) is 31.5. The van der Waals surface area contributed by atoms with Crippen molar-refractivity contribution in [2.24, 2.45) is 0 Å². The molecule has 1 aromatic heterocycles. The second-order valence-electron chi connectivity index (χ2n) is 11.5. The van der Waals surface area contributed by atoms with E-state index in [4.69, 9.17) is 0 Å². The Kier molecular flexibility index (Phi) is 18.4. The maximum Gasteiger partial charge on any atom is 0.417 e. The van der Waals surface area contributed by atoms with E-state index in [1.54, 1.807) is 28.9 Å². The van der Waals surface area contributed by atoms with Gasteiger partial charge in [0.05, 0.1) is 16.9 Å². The van der Waals surface area contributed by atoms with Crippen molar-refractivity contribution >= 4 is 28.5 Å². The van der Waals surface area contributed by atoms with E-state index in [2.05, 4.69) is 43.5 Å². The summed E-state index contributed by atoms with van der Waals surface area (Å²) in [4.78, 5) is 22.4. The topological polar surface area (TPSA) is 41.4 Å². The van der Waals surface area contributed by atoms with E-state index in [0.29, 0.717) is 59.0 Å². The lowest BCUT2D eigenvalue weighted by Gasteiger charge is -2.46. The summed E-state index contributed by atoms with van der Waals surface area (Å²) in [6, 6.07) is 8.47. The predicted molar refractivity (Wildman–Crippen MR) is 208 cm³/mol. The van der Waals surface area contributed by atoms with Crippen molar-refractivity contribution in [3.05, 3.63) is 101 Å². The van der Waals surface area contributed by atoms with Crippen LogP contribution in [0.15, 0.2) is 89.5 Å². The first-order valence-corrected chi connectivity index (χ1v) is 18.3. The van der Waals surface area contributed by atoms with Gasteiger partial charge >= 0.3 is 11.9 Å². The molecule has 0 radical (unpaired) electrons. The molecule has 5 nitrogen and oxygen atoms in total. The zero-order valence-corrected chi connectivity index (χ0v) is 32.4. The summed E-state index contributed by atoms with van der Waals surface area (Å²) in [6.45, 7) is 30.8. The molecular formula is C40H56F4N4OS.